The van der Waals surface area contributed by atoms with Gasteiger partial charge in [0.25, 0.3) is 0 Å². The predicted octanol–water partition coefficient (Wildman–Crippen LogP) is 2.49. The van der Waals surface area contributed by atoms with Gasteiger partial charge in [0.1, 0.15) is 5.82 Å². The molecule has 0 unspecified atom stereocenters. The van der Waals surface area contributed by atoms with Crippen LogP contribution in [-0.2, 0) is 23.0 Å². The summed E-state index contributed by atoms with van der Waals surface area (Å²) in [7, 11) is -0.441. The molecule has 0 aliphatic carbocycles. The van der Waals surface area contributed by atoms with Crippen molar-refractivity contribution in [3.8, 4) is 11.5 Å². The van der Waals surface area contributed by atoms with Crippen LogP contribution < -0.4 is 14.2 Å². The average molecular weight is 408 g/mol. The molecule has 0 fully saturated rings. The van der Waals surface area contributed by atoms with Crippen LogP contribution in [0, 0.1) is 12.7 Å². The lowest BCUT2D eigenvalue weighted by molar-refractivity contribution is 0.257. The zero-order valence-electron chi connectivity index (χ0n) is 16.3. The van der Waals surface area contributed by atoms with Crippen LogP contribution in [0.4, 0.5) is 4.39 Å². The van der Waals surface area contributed by atoms with E-state index >= 15 is 0 Å². The Balaban J connectivity index is 1.62. The summed E-state index contributed by atoms with van der Waals surface area (Å²) in [5.41, 5.74) is 2.76. The molecule has 0 saturated heterocycles. The lowest BCUT2D eigenvalue weighted by Crippen LogP contribution is -2.38. The molecule has 1 N–H and O–H groups in total. The Labute approximate surface area is 165 Å². The Hall–Kier alpha value is -2.16. The maximum absolute atomic E-state index is 13.2. The molecule has 3 rings (SSSR count). The number of hydrogen-bond acceptors (Lipinski definition) is 5. The molecule has 1 aliphatic heterocycles. The highest BCUT2D eigenvalue weighted by molar-refractivity contribution is 7.89. The number of benzene rings is 2. The molecule has 6 nitrogen and oxygen atoms in total. The van der Waals surface area contributed by atoms with Crippen LogP contribution in [0.15, 0.2) is 35.2 Å². The molecular formula is C20H25FN2O4S. The van der Waals surface area contributed by atoms with E-state index in [1.54, 1.807) is 21.1 Å². The van der Waals surface area contributed by atoms with Crippen molar-refractivity contribution in [1.82, 2.24) is 9.62 Å². The van der Waals surface area contributed by atoms with E-state index in [1.807, 2.05) is 12.1 Å². The average Bonchev–Trinajstić information content (AvgIpc) is 2.66. The Morgan fingerprint density at radius 1 is 1.11 bits per heavy atom. The fraction of sp³-hybridized carbons (Fsp3) is 0.400. The Kier molecular flexibility index (Phi) is 6.22. The second-order valence-corrected chi connectivity index (χ2v) is 8.55. The van der Waals surface area contributed by atoms with E-state index in [1.165, 1.54) is 17.7 Å². The standard InChI is InChI=1S/C20H25FN2O4S/c1-14-10-17(21)4-5-20(14)28(24,25)22-7-9-23-8-6-15-11-18(26-2)19(27-3)12-16(15)13-23/h4-5,10-12,22H,6-9,13H2,1-3H3. The van der Waals surface area contributed by atoms with E-state index in [2.05, 4.69) is 9.62 Å². The molecule has 8 heteroatoms. The fourth-order valence-electron chi connectivity index (χ4n) is 3.46. The highest BCUT2D eigenvalue weighted by Gasteiger charge is 2.21. The van der Waals surface area contributed by atoms with Gasteiger partial charge in [-0.3, -0.25) is 4.90 Å². The van der Waals surface area contributed by atoms with Gasteiger partial charge in [-0.05, 0) is 60.4 Å². The monoisotopic (exact) mass is 408 g/mol. The van der Waals surface area contributed by atoms with Crippen LogP contribution in [0.5, 0.6) is 11.5 Å². The first-order valence-corrected chi connectivity index (χ1v) is 10.5. The van der Waals surface area contributed by atoms with Gasteiger partial charge in [0.05, 0.1) is 19.1 Å². The molecule has 0 saturated carbocycles. The van der Waals surface area contributed by atoms with Gasteiger partial charge in [-0.15, -0.1) is 0 Å². The first-order valence-electron chi connectivity index (χ1n) is 9.06. The molecule has 2 aromatic rings. The maximum atomic E-state index is 13.2. The third-order valence-corrected chi connectivity index (χ3v) is 6.56. The van der Waals surface area contributed by atoms with Crippen molar-refractivity contribution in [1.29, 1.82) is 0 Å². The summed E-state index contributed by atoms with van der Waals surface area (Å²) in [5.74, 6) is 0.961. The number of fused-ring (bicyclic) bond motifs is 1. The van der Waals surface area contributed by atoms with E-state index in [4.69, 9.17) is 9.47 Å². The molecule has 0 spiro atoms. The molecule has 1 aliphatic rings. The number of methoxy groups -OCH3 is 2. The molecular weight excluding hydrogens is 383 g/mol. The number of nitrogens with zero attached hydrogens (tertiary/aromatic N) is 1. The lowest BCUT2D eigenvalue weighted by atomic mass is 9.99. The topological polar surface area (TPSA) is 67.9 Å². The third-order valence-electron chi connectivity index (χ3n) is 4.94. The van der Waals surface area contributed by atoms with Gasteiger partial charge in [0.2, 0.25) is 10.0 Å². The van der Waals surface area contributed by atoms with Gasteiger partial charge in [-0.2, -0.15) is 0 Å². The van der Waals surface area contributed by atoms with E-state index in [0.717, 1.165) is 30.3 Å². The summed E-state index contributed by atoms with van der Waals surface area (Å²) in [4.78, 5) is 2.30. The zero-order valence-corrected chi connectivity index (χ0v) is 17.1. The number of rotatable bonds is 7. The molecule has 0 aromatic heterocycles. The van der Waals surface area contributed by atoms with Crippen molar-refractivity contribution in [2.45, 2.75) is 24.8 Å². The number of nitrogens with one attached hydrogen (secondary N) is 1. The van der Waals surface area contributed by atoms with Crippen molar-refractivity contribution in [3.05, 3.63) is 52.8 Å². The number of aryl methyl sites for hydroxylation is 1. The normalized spacial score (nSPS) is 14.6. The van der Waals surface area contributed by atoms with Gasteiger partial charge in [-0.1, -0.05) is 0 Å². The summed E-state index contributed by atoms with van der Waals surface area (Å²) in [6, 6.07) is 7.66. The first-order chi connectivity index (χ1) is 13.3. The molecule has 2 aromatic carbocycles. The SMILES string of the molecule is COc1cc2c(cc1OC)CN(CCNS(=O)(=O)c1ccc(F)cc1C)CC2. The van der Waals surface area contributed by atoms with Crippen molar-refractivity contribution in [3.63, 3.8) is 0 Å². The van der Waals surface area contributed by atoms with E-state index < -0.39 is 15.8 Å². The molecule has 0 radical (unpaired) electrons. The second kappa shape index (κ2) is 8.46. The summed E-state index contributed by atoms with van der Waals surface area (Å²) in [6.45, 7) is 3.99. The largest absolute Gasteiger partial charge is 0.493 e. The van der Waals surface area contributed by atoms with Crippen LogP contribution in [0.1, 0.15) is 16.7 Å². The van der Waals surface area contributed by atoms with Gasteiger partial charge in [-0.25, -0.2) is 17.5 Å². The van der Waals surface area contributed by atoms with E-state index in [0.29, 0.717) is 24.4 Å². The third kappa shape index (κ3) is 4.45. The molecule has 28 heavy (non-hydrogen) atoms. The minimum Gasteiger partial charge on any atom is -0.493 e. The van der Waals surface area contributed by atoms with Crippen LogP contribution in [0.25, 0.3) is 0 Å². The quantitative estimate of drug-likeness (QED) is 0.762. The molecule has 1 heterocycles. The van der Waals surface area contributed by atoms with Crippen molar-refractivity contribution in [2.24, 2.45) is 0 Å². The highest BCUT2D eigenvalue weighted by atomic mass is 32.2. The van der Waals surface area contributed by atoms with Crippen molar-refractivity contribution in [2.75, 3.05) is 33.9 Å². The van der Waals surface area contributed by atoms with Crippen LogP contribution >= 0.6 is 0 Å². The van der Waals surface area contributed by atoms with E-state index in [-0.39, 0.29) is 11.4 Å². The minimum atomic E-state index is -3.67. The van der Waals surface area contributed by atoms with Crippen LogP contribution in [0.2, 0.25) is 0 Å². The Bertz CT molecular complexity index is 963. The minimum absolute atomic E-state index is 0.106. The van der Waals surface area contributed by atoms with Crippen LogP contribution in [-0.4, -0.2) is 47.2 Å². The number of halogens is 1. The fourth-order valence-corrected chi connectivity index (χ4v) is 4.71. The zero-order chi connectivity index (χ0) is 20.3. The lowest BCUT2D eigenvalue weighted by Gasteiger charge is -2.29. The predicted molar refractivity (Wildman–Crippen MR) is 105 cm³/mol. The van der Waals surface area contributed by atoms with Gasteiger partial charge in [0.15, 0.2) is 11.5 Å². The van der Waals surface area contributed by atoms with Gasteiger partial charge < -0.3 is 9.47 Å². The highest BCUT2D eigenvalue weighted by Crippen LogP contribution is 2.33. The van der Waals surface area contributed by atoms with Gasteiger partial charge >= 0.3 is 0 Å². The number of sulfonamides is 1. The summed E-state index contributed by atoms with van der Waals surface area (Å²) in [5, 5.41) is 0. The summed E-state index contributed by atoms with van der Waals surface area (Å²) in [6.07, 6.45) is 0.861. The van der Waals surface area contributed by atoms with Crippen molar-refractivity contribution < 1.29 is 22.3 Å². The number of ether oxygens (including phenoxy) is 2. The maximum Gasteiger partial charge on any atom is 0.240 e. The molecule has 0 atom stereocenters. The Morgan fingerprint density at radius 3 is 2.43 bits per heavy atom. The van der Waals surface area contributed by atoms with Crippen molar-refractivity contribution >= 4 is 10.0 Å². The molecule has 152 valence electrons. The first kappa shape index (κ1) is 20.6. The number of hydrogen-bond donors (Lipinski definition) is 1. The summed E-state index contributed by atoms with van der Waals surface area (Å²) < 4.78 is 51.5. The Morgan fingerprint density at radius 2 is 1.79 bits per heavy atom. The second-order valence-electron chi connectivity index (χ2n) is 6.81. The smallest absolute Gasteiger partial charge is 0.240 e. The summed E-state index contributed by atoms with van der Waals surface area (Å²) >= 11 is 0. The molecule has 0 bridgehead atoms. The van der Waals surface area contributed by atoms with Crippen LogP contribution in [0.3, 0.4) is 0 Å². The molecule has 0 amide bonds. The van der Waals surface area contributed by atoms with E-state index in [9.17, 15) is 12.8 Å². The van der Waals surface area contributed by atoms with Gasteiger partial charge in [0, 0.05) is 26.2 Å².